The van der Waals surface area contributed by atoms with Gasteiger partial charge >= 0.3 is 0 Å². The zero-order valence-corrected chi connectivity index (χ0v) is 8.28. The molecule has 1 aromatic carbocycles. The quantitative estimate of drug-likeness (QED) is 0.721. The lowest BCUT2D eigenvalue weighted by Gasteiger charge is -2.00. The van der Waals surface area contributed by atoms with Crippen molar-refractivity contribution in [2.75, 3.05) is 7.11 Å². The molecule has 2 nitrogen and oxygen atoms in total. The number of aryl methyl sites for hydroxylation is 1. The van der Waals surface area contributed by atoms with Crippen LogP contribution >= 0.6 is 0 Å². The Hall–Kier alpha value is -1.70. The molecule has 1 aromatic heterocycles. The topological polar surface area (TPSA) is 22.4 Å². The van der Waals surface area contributed by atoms with Crippen LogP contribution in [0, 0.1) is 6.92 Å². The zero-order chi connectivity index (χ0) is 9.97. The normalized spacial score (nSPS) is 10.1. The molecule has 0 atom stereocenters. The van der Waals surface area contributed by atoms with Gasteiger partial charge in [0.15, 0.2) is 0 Å². The largest absolute Gasteiger partial charge is 0.497 e. The molecule has 2 aromatic rings. The molecule has 0 bridgehead atoms. The third kappa shape index (κ3) is 1.64. The second-order valence-corrected chi connectivity index (χ2v) is 3.22. The second-order valence-electron chi connectivity index (χ2n) is 3.22. The molecule has 0 spiro atoms. The minimum Gasteiger partial charge on any atom is -0.497 e. The number of hydrogen-bond acceptors (Lipinski definition) is 2. The average Bonchev–Trinajstić information content (AvgIpc) is 2.65. The van der Waals surface area contributed by atoms with Crippen molar-refractivity contribution in [3.05, 3.63) is 42.2 Å². The summed E-state index contributed by atoms with van der Waals surface area (Å²) in [6.07, 6.45) is 1.75. The minimum atomic E-state index is 0.858. The Balaban J connectivity index is 2.33. The summed E-state index contributed by atoms with van der Waals surface area (Å²) in [5.41, 5.74) is 2.20. The Kier molecular flexibility index (Phi) is 2.27. The summed E-state index contributed by atoms with van der Waals surface area (Å²) in [5.74, 6) is 1.75. The fourth-order valence-corrected chi connectivity index (χ4v) is 1.34. The molecule has 72 valence electrons. The smallest absolute Gasteiger partial charge is 0.134 e. The van der Waals surface area contributed by atoms with E-state index in [1.54, 1.807) is 13.4 Å². The molecular formula is C12H12O2. The molecule has 0 amide bonds. The van der Waals surface area contributed by atoms with Gasteiger partial charge in [-0.3, -0.25) is 0 Å². The number of ether oxygens (including phenoxy) is 1. The Labute approximate surface area is 83.1 Å². The van der Waals surface area contributed by atoms with Crippen LogP contribution in [0.4, 0.5) is 0 Å². The van der Waals surface area contributed by atoms with E-state index in [9.17, 15) is 0 Å². The molecule has 0 aliphatic heterocycles. The fourth-order valence-electron chi connectivity index (χ4n) is 1.34. The van der Waals surface area contributed by atoms with Gasteiger partial charge in [-0.25, -0.2) is 0 Å². The summed E-state index contributed by atoms with van der Waals surface area (Å²) in [7, 11) is 1.66. The van der Waals surface area contributed by atoms with Gasteiger partial charge in [0, 0.05) is 5.56 Å². The molecule has 0 radical (unpaired) electrons. The Morgan fingerprint density at radius 2 is 1.86 bits per heavy atom. The Morgan fingerprint density at radius 3 is 2.36 bits per heavy atom. The van der Waals surface area contributed by atoms with Crippen LogP contribution in [0.25, 0.3) is 11.3 Å². The van der Waals surface area contributed by atoms with Crippen molar-refractivity contribution >= 4 is 0 Å². The maximum atomic E-state index is 5.38. The van der Waals surface area contributed by atoms with E-state index in [4.69, 9.17) is 9.15 Å². The van der Waals surface area contributed by atoms with Gasteiger partial charge in [0.1, 0.15) is 11.5 Å². The van der Waals surface area contributed by atoms with Gasteiger partial charge in [-0.05, 0) is 42.8 Å². The van der Waals surface area contributed by atoms with E-state index in [0.29, 0.717) is 0 Å². The molecule has 0 fully saturated rings. The second kappa shape index (κ2) is 3.58. The Bertz CT molecular complexity index is 412. The molecule has 1 heterocycles. The molecule has 14 heavy (non-hydrogen) atoms. The van der Waals surface area contributed by atoms with Crippen molar-refractivity contribution in [1.82, 2.24) is 0 Å². The highest BCUT2D eigenvalue weighted by Crippen LogP contribution is 2.23. The van der Waals surface area contributed by atoms with Crippen LogP contribution in [0.1, 0.15) is 5.56 Å². The van der Waals surface area contributed by atoms with Crippen LogP contribution in [0.2, 0.25) is 0 Å². The maximum Gasteiger partial charge on any atom is 0.134 e. The summed E-state index contributed by atoms with van der Waals surface area (Å²) in [6.45, 7) is 2.01. The highest BCUT2D eigenvalue weighted by Gasteiger charge is 2.01. The molecule has 0 aliphatic carbocycles. The van der Waals surface area contributed by atoms with Gasteiger partial charge in [-0.15, -0.1) is 0 Å². The van der Waals surface area contributed by atoms with Crippen molar-refractivity contribution in [2.24, 2.45) is 0 Å². The zero-order valence-electron chi connectivity index (χ0n) is 8.28. The van der Waals surface area contributed by atoms with Crippen molar-refractivity contribution in [3.8, 4) is 17.1 Å². The van der Waals surface area contributed by atoms with Crippen molar-refractivity contribution in [1.29, 1.82) is 0 Å². The third-order valence-electron chi connectivity index (χ3n) is 2.11. The molecule has 0 saturated heterocycles. The van der Waals surface area contributed by atoms with E-state index in [0.717, 1.165) is 22.6 Å². The van der Waals surface area contributed by atoms with Gasteiger partial charge in [0.2, 0.25) is 0 Å². The molecule has 0 saturated carbocycles. The van der Waals surface area contributed by atoms with Gasteiger partial charge in [0.25, 0.3) is 0 Å². The van der Waals surface area contributed by atoms with Crippen LogP contribution < -0.4 is 4.74 Å². The standard InChI is InChI=1S/C12H12O2/c1-9-7-12(14-8-9)10-3-5-11(13-2)6-4-10/h3-8H,1-2H3. The summed E-state index contributed by atoms with van der Waals surface area (Å²) >= 11 is 0. The average molecular weight is 188 g/mol. The minimum absolute atomic E-state index is 0.858. The van der Waals surface area contributed by atoms with Crippen molar-refractivity contribution < 1.29 is 9.15 Å². The number of methoxy groups -OCH3 is 1. The Morgan fingerprint density at radius 1 is 1.14 bits per heavy atom. The first kappa shape index (κ1) is 8.88. The van der Waals surface area contributed by atoms with E-state index in [1.165, 1.54) is 0 Å². The summed E-state index contributed by atoms with van der Waals surface area (Å²) in [5, 5.41) is 0. The number of hydrogen-bond donors (Lipinski definition) is 0. The van der Waals surface area contributed by atoms with E-state index < -0.39 is 0 Å². The fraction of sp³-hybridized carbons (Fsp3) is 0.167. The molecule has 0 unspecified atom stereocenters. The lowest BCUT2D eigenvalue weighted by Crippen LogP contribution is -1.81. The first-order valence-electron chi connectivity index (χ1n) is 4.49. The highest BCUT2D eigenvalue weighted by atomic mass is 16.5. The third-order valence-corrected chi connectivity index (χ3v) is 2.11. The number of furan rings is 1. The molecule has 0 N–H and O–H groups in total. The highest BCUT2D eigenvalue weighted by molar-refractivity contribution is 5.59. The van der Waals surface area contributed by atoms with E-state index in [1.807, 2.05) is 37.3 Å². The summed E-state index contributed by atoms with van der Waals surface area (Å²) in [6, 6.07) is 9.83. The van der Waals surface area contributed by atoms with Gasteiger partial charge in [-0.1, -0.05) is 0 Å². The van der Waals surface area contributed by atoms with Crippen molar-refractivity contribution in [3.63, 3.8) is 0 Å². The van der Waals surface area contributed by atoms with Crippen LogP contribution in [0.5, 0.6) is 5.75 Å². The molecule has 0 aliphatic rings. The van der Waals surface area contributed by atoms with Gasteiger partial charge in [0.05, 0.1) is 13.4 Å². The van der Waals surface area contributed by atoms with E-state index >= 15 is 0 Å². The number of benzene rings is 1. The lowest BCUT2D eigenvalue weighted by atomic mass is 10.1. The first-order valence-corrected chi connectivity index (χ1v) is 4.49. The van der Waals surface area contributed by atoms with Crippen LogP contribution in [0.15, 0.2) is 41.0 Å². The summed E-state index contributed by atoms with van der Waals surface area (Å²) < 4.78 is 10.5. The molecular weight excluding hydrogens is 176 g/mol. The monoisotopic (exact) mass is 188 g/mol. The van der Waals surface area contributed by atoms with E-state index in [-0.39, 0.29) is 0 Å². The van der Waals surface area contributed by atoms with Crippen LogP contribution in [-0.4, -0.2) is 7.11 Å². The van der Waals surface area contributed by atoms with E-state index in [2.05, 4.69) is 0 Å². The maximum absolute atomic E-state index is 5.38. The molecule has 2 rings (SSSR count). The van der Waals surface area contributed by atoms with Gasteiger partial charge < -0.3 is 9.15 Å². The number of rotatable bonds is 2. The molecule has 2 heteroatoms. The first-order chi connectivity index (χ1) is 6.79. The summed E-state index contributed by atoms with van der Waals surface area (Å²) in [4.78, 5) is 0. The lowest BCUT2D eigenvalue weighted by molar-refractivity contribution is 0.415. The predicted octanol–water partition coefficient (Wildman–Crippen LogP) is 3.26. The van der Waals surface area contributed by atoms with Gasteiger partial charge in [-0.2, -0.15) is 0 Å². The van der Waals surface area contributed by atoms with Crippen LogP contribution in [-0.2, 0) is 0 Å². The SMILES string of the molecule is COc1ccc(-c2cc(C)co2)cc1. The van der Waals surface area contributed by atoms with Crippen LogP contribution in [0.3, 0.4) is 0 Å². The van der Waals surface area contributed by atoms with Crippen molar-refractivity contribution in [2.45, 2.75) is 6.92 Å². The predicted molar refractivity (Wildman–Crippen MR) is 55.4 cm³/mol.